The largest absolute Gasteiger partial charge is 0.458 e. The summed E-state index contributed by atoms with van der Waals surface area (Å²) in [5, 5.41) is 0. The number of fused-ring (bicyclic) bond motifs is 1. The van der Waals surface area contributed by atoms with E-state index in [0.29, 0.717) is 18.2 Å². The first-order valence-electron chi connectivity index (χ1n) is 10.6. The fourth-order valence-corrected chi connectivity index (χ4v) is 3.77. The second kappa shape index (κ2) is 8.42. The zero-order valence-corrected chi connectivity index (χ0v) is 18.3. The van der Waals surface area contributed by atoms with Gasteiger partial charge in [0.1, 0.15) is 11.5 Å². The van der Waals surface area contributed by atoms with E-state index >= 15 is 0 Å². The van der Waals surface area contributed by atoms with Crippen LogP contribution >= 0.6 is 0 Å². The Balaban J connectivity index is 1.79. The molecule has 0 atom stereocenters. The van der Waals surface area contributed by atoms with Crippen molar-refractivity contribution in [3.63, 3.8) is 0 Å². The Morgan fingerprint density at radius 2 is 1.61 bits per heavy atom. The Bertz CT molecular complexity index is 1200. The molecule has 0 aliphatic carbocycles. The number of hydrogen-bond acceptors (Lipinski definition) is 2. The van der Waals surface area contributed by atoms with Crippen molar-refractivity contribution in [3.8, 4) is 5.69 Å². The van der Waals surface area contributed by atoms with Crippen molar-refractivity contribution in [2.75, 3.05) is 0 Å². The second-order valence-corrected chi connectivity index (χ2v) is 8.40. The van der Waals surface area contributed by atoms with E-state index in [0.717, 1.165) is 22.3 Å². The molecule has 0 saturated heterocycles. The highest BCUT2D eigenvalue weighted by molar-refractivity contribution is 5.95. The van der Waals surface area contributed by atoms with E-state index in [-0.39, 0.29) is 17.9 Å². The van der Waals surface area contributed by atoms with Gasteiger partial charge in [-0.25, -0.2) is 9.18 Å². The summed E-state index contributed by atoms with van der Waals surface area (Å²) in [5.74, 6) is -0.167. The lowest BCUT2D eigenvalue weighted by Crippen LogP contribution is -2.16. The molecule has 0 N–H and O–H groups in total. The fraction of sp³-hybridized carbons (Fsp3) is 0.269. The van der Waals surface area contributed by atoms with Crippen molar-refractivity contribution < 1.29 is 13.9 Å². The highest BCUT2D eigenvalue weighted by atomic mass is 19.1. The van der Waals surface area contributed by atoms with Crippen LogP contribution in [-0.4, -0.2) is 21.2 Å². The molecule has 0 fully saturated rings. The van der Waals surface area contributed by atoms with Crippen molar-refractivity contribution in [3.05, 3.63) is 89.5 Å². The van der Waals surface area contributed by atoms with Crippen molar-refractivity contribution in [2.24, 2.45) is 0 Å². The zero-order chi connectivity index (χ0) is 22.1. The normalized spacial score (nSPS) is 11.6. The maximum atomic E-state index is 13.4. The minimum Gasteiger partial charge on any atom is -0.458 e. The first-order chi connectivity index (χ1) is 14.8. The van der Waals surface area contributed by atoms with Crippen LogP contribution in [0.4, 0.5) is 4.39 Å². The molecular formula is C26H27FN2O2. The van der Waals surface area contributed by atoms with Gasteiger partial charge in [-0.3, -0.25) is 0 Å². The molecule has 4 rings (SSSR count). The Morgan fingerprint density at radius 3 is 2.23 bits per heavy atom. The number of aromatic nitrogens is 2. The summed E-state index contributed by atoms with van der Waals surface area (Å²) in [4.78, 5) is 12.9. The Labute approximate surface area is 181 Å². The van der Waals surface area contributed by atoms with Crippen LogP contribution in [0.2, 0.25) is 0 Å². The zero-order valence-electron chi connectivity index (χ0n) is 18.3. The van der Waals surface area contributed by atoms with Crippen molar-refractivity contribution in [1.82, 2.24) is 9.13 Å². The number of carbonyl (C=O) groups excluding carboxylic acids is 1. The third-order valence-corrected chi connectivity index (χ3v) is 5.40. The average molecular weight is 419 g/mol. The molecule has 0 bridgehead atoms. The minimum absolute atomic E-state index is 0.209. The number of ether oxygens (including phenoxy) is 1. The van der Waals surface area contributed by atoms with E-state index in [9.17, 15) is 9.18 Å². The quantitative estimate of drug-likeness (QED) is 0.344. The molecule has 2 aromatic carbocycles. The molecule has 5 heteroatoms. The van der Waals surface area contributed by atoms with Gasteiger partial charge in [-0.05, 0) is 67.3 Å². The lowest BCUT2D eigenvalue weighted by atomic mass is 10.0. The molecule has 0 spiro atoms. The van der Waals surface area contributed by atoms with Gasteiger partial charge < -0.3 is 13.9 Å². The Morgan fingerprint density at radius 1 is 0.935 bits per heavy atom. The van der Waals surface area contributed by atoms with Gasteiger partial charge in [-0.2, -0.15) is 0 Å². The van der Waals surface area contributed by atoms with Crippen molar-refractivity contribution in [1.29, 1.82) is 0 Å². The van der Waals surface area contributed by atoms with Crippen LogP contribution in [0.1, 0.15) is 55.2 Å². The third-order valence-electron chi connectivity index (χ3n) is 5.40. The molecule has 0 unspecified atom stereocenters. The Hall–Kier alpha value is -3.34. The lowest BCUT2D eigenvalue weighted by Gasteiger charge is -2.13. The van der Waals surface area contributed by atoms with Crippen molar-refractivity contribution >= 4 is 17.0 Å². The maximum Gasteiger partial charge on any atom is 0.355 e. The molecule has 31 heavy (non-hydrogen) atoms. The van der Waals surface area contributed by atoms with Crippen LogP contribution in [0.15, 0.2) is 66.9 Å². The predicted octanol–water partition coefficient (Wildman–Crippen LogP) is 6.31. The monoisotopic (exact) mass is 418 g/mol. The van der Waals surface area contributed by atoms with E-state index in [1.165, 1.54) is 17.7 Å². The van der Waals surface area contributed by atoms with Crippen LogP contribution < -0.4 is 0 Å². The summed E-state index contributed by atoms with van der Waals surface area (Å²) in [6.07, 6.45) is 1.73. The summed E-state index contributed by atoms with van der Waals surface area (Å²) in [6, 6.07) is 18.6. The van der Waals surface area contributed by atoms with Gasteiger partial charge >= 0.3 is 5.97 Å². The molecule has 4 nitrogen and oxygen atoms in total. The van der Waals surface area contributed by atoms with Crippen LogP contribution in [0.3, 0.4) is 0 Å². The summed E-state index contributed by atoms with van der Waals surface area (Å²) >= 11 is 0. The van der Waals surface area contributed by atoms with Gasteiger partial charge in [0.25, 0.3) is 0 Å². The van der Waals surface area contributed by atoms with Crippen LogP contribution in [0.25, 0.3) is 16.7 Å². The third kappa shape index (κ3) is 4.26. The molecule has 4 aromatic rings. The van der Waals surface area contributed by atoms with Crippen LogP contribution in [0, 0.1) is 5.82 Å². The van der Waals surface area contributed by atoms with E-state index in [1.807, 2.05) is 41.3 Å². The Kier molecular flexibility index (Phi) is 5.68. The number of nitrogens with zero attached hydrogens (tertiary/aromatic N) is 2. The maximum absolute atomic E-state index is 13.4. The second-order valence-electron chi connectivity index (χ2n) is 8.40. The van der Waals surface area contributed by atoms with Gasteiger partial charge in [0, 0.05) is 18.4 Å². The van der Waals surface area contributed by atoms with E-state index in [2.05, 4.69) is 38.1 Å². The van der Waals surface area contributed by atoms with Gasteiger partial charge in [-0.15, -0.1) is 0 Å². The topological polar surface area (TPSA) is 36.2 Å². The SMILES string of the molecule is CC(C)OC(=O)c1cc2c(ccn2-c2ccc(F)cc2)n1Cc1ccc(C(C)C)cc1. The molecular weight excluding hydrogens is 391 g/mol. The first kappa shape index (κ1) is 20.9. The molecule has 0 aliphatic rings. The van der Waals surface area contributed by atoms with Gasteiger partial charge in [0.05, 0.1) is 17.1 Å². The molecule has 2 aromatic heterocycles. The van der Waals surface area contributed by atoms with Gasteiger partial charge in [0.15, 0.2) is 0 Å². The number of hydrogen-bond donors (Lipinski definition) is 0. The minimum atomic E-state index is -0.351. The summed E-state index contributed by atoms with van der Waals surface area (Å²) in [6.45, 7) is 8.58. The molecule has 0 amide bonds. The highest BCUT2D eigenvalue weighted by Gasteiger charge is 2.21. The smallest absolute Gasteiger partial charge is 0.355 e. The first-order valence-corrected chi connectivity index (χ1v) is 10.6. The average Bonchev–Trinajstić information content (AvgIpc) is 3.29. The lowest BCUT2D eigenvalue weighted by molar-refractivity contribution is 0.0366. The van der Waals surface area contributed by atoms with E-state index < -0.39 is 0 Å². The van der Waals surface area contributed by atoms with Gasteiger partial charge in [-0.1, -0.05) is 38.1 Å². The summed E-state index contributed by atoms with van der Waals surface area (Å²) in [7, 11) is 0. The number of esters is 1. The standard InChI is InChI=1S/C26H27FN2O2/c1-17(2)20-7-5-19(6-8-20)16-29-23-13-14-28(22-11-9-21(27)10-12-22)24(23)15-25(29)26(30)31-18(3)4/h5-15,17-18H,16H2,1-4H3. The predicted molar refractivity (Wildman–Crippen MR) is 121 cm³/mol. The summed E-state index contributed by atoms with van der Waals surface area (Å²) < 4.78 is 22.8. The number of benzene rings is 2. The molecule has 160 valence electrons. The van der Waals surface area contributed by atoms with E-state index in [1.54, 1.807) is 12.1 Å². The molecule has 0 aliphatic heterocycles. The van der Waals surface area contributed by atoms with Crippen LogP contribution in [-0.2, 0) is 11.3 Å². The number of halogens is 1. The molecule has 2 heterocycles. The number of carbonyl (C=O) groups is 1. The highest BCUT2D eigenvalue weighted by Crippen LogP contribution is 2.27. The van der Waals surface area contributed by atoms with E-state index in [4.69, 9.17) is 4.74 Å². The molecule has 0 radical (unpaired) electrons. The van der Waals surface area contributed by atoms with Crippen LogP contribution in [0.5, 0.6) is 0 Å². The number of rotatable bonds is 6. The van der Waals surface area contributed by atoms with Gasteiger partial charge in [0.2, 0.25) is 0 Å². The molecule has 0 saturated carbocycles. The fourth-order valence-electron chi connectivity index (χ4n) is 3.77. The summed E-state index contributed by atoms with van der Waals surface area (Å²) in [5.41, 5.74) is 5.52. The van der Waals surface area contributed by atoms with Crippen molar-refractivity contribution in [2.45, 2.75) is 46.3 Å².